The van der Waals surface area contributed by atoms with Crippen LogP contribution in [0.3, 0.4) is 0 Å². The molecule has 0 aliphatic heterocycles. The molecule has 30 heavy (non-hydrogen) atoms. The van der Waals surface area contributed by atoms with Gasteiger partial charge in [0, 0.05) is 12.8 Å². The molecule has 0 bridgehead atoms. The number of aliphatic carboxylic acids is 1. The van der Waals surface area contributed by atoms with E-state index in [1.807, 2.05) is 0 Å². The number of hydrogen-bond acceptors (Lipinski definition) is 7. The van der Waals surface area contributed by atoms with Gasteiger partial charge in [-0.2, -0.15) is 0 Å². The molecule has 0 aromatic rings. The van der Waals surface area contributed by atoms with E-state index in [2.05, 4.69) is 21.3 Å². The second-order valence-corrected chi connectivity index (χ2v) is 7.08. The van der Waals surface area contributed by atoms with E-state index in [-0.39, 0.29) is 24.5 Å². The Bertz CT molecular complexity index is 665. The number of carboxylic acids is 1. The zero-order valence-electron chi connectivity index (χ0n) is 17.5. The van der Waals surface area contributed by atoms with E-state index in [0.29, 0.717) is 0 Å². The highest BCUT2D eigenvalue weighted by molar-refractivity contribution is 5.93. The Morgan fingerprint density at radius 2 is 1.43 bits per heavy atom. The number of amides is 4. The van der Waals surface area contributed by atoms with Crippen LogP contribution in [0.25, 0.3) is 0 Å². The van der Waals surface area contributed by atoms with Crippen LogP contribution in [0, 0.1) is 5.92 Å². The van der Waals surface area contributed by atoms with Gasteiger partial charge in [0.2, 0.25) is 23.6 Å². The van der Waals surface area contributed by atoms with Gasteiger partial charge in [0.25, 0.3) is 0 Å². The Morgan fingerprint density at radius 3 is 1.90 bits per heavy atom. The molecule has 6 N–H and O–H groups in total. The van der Waals surface area contributed by atoms with Crippen molar-refractivity contribution < 1.29 is 39.0 Å². The minimum Gasteiger partial charge on any atom is -0.480 e. The molecule has 12 nitrogen and oxygen atoms in total. The molecular formula is C18H30N4O8. The molecule has 0 spiro atoms. The Balaban J connectivity index is 4.70. The highest BCUT2D eigenvalue weighted by atomic mass is 16.4. The molecule has 170 valence electrons. The molecule has 0 heterocycles. The van der Waals surface area contributed by atoms with Crippen LogP contribution in [0.15, 0.2) is 0 Å². The van der Waals surface area contributed by atoms with Gasteiger partial charge in [-0.15, -0.1) is 0 Å². The zero-order chi connectivity index (χ0) is 23.4. The number of aliphatic hydroxyl groups is 1. The van der Waals surface area contributed by atoms with Gasteiger partial charge in [-0.25, -0.2) is 0 Å². The van der Waals surface area contributed by atoms with Crippen LogP contribution in [-0.2, 0) is 28.8 Å². The number of ketones is 1. The predicted molar refractivity (Wildman–Crippen MR) is 104 cm³/mol. The molecule has 0 radical (unpaired) electrons. The molecule has 3 atom stereocenters. The smallest absolute Gasteiger partial charge is 0.325 e. The third-order valence-electron chi connectivity index (χ3n) is 3.96. The first-order valence-corrected chi connectivity index (χ1v) is 9.38. The largest absolute Gasteiger partial charge is 0.480 e. The quantitative estimate of drug-likeness (QED) is 0.187. The summed E-state index contributed by atoms with van der Waals surface area (Å²) in [4.78, 5) is 69.7. The van der Waals surface area contributed by atoms with Crippen molar-refractivity contribution in [3.8, 4) is 0 Å². The van der Waals surface area contributed by atoms with Gasteiger partial charge in [0.05, 0.1) is 13.2 Å². The molecule has 4 amide bonds. The SMILES string of the molecule is CC(=O)CCC(=O)N[C@H](C(=O)NCC(=O)N[C@@H](CO)C(=O)N[C@@H](C)C(=O)O)C(C)C. The monoisotopic (exact) mass is 430 g/mol. The number of carbonyl (C=O) groups is 6. The molecule has 0 saturated heterocycles. The predicted octanol–water partition coefficient (Wildman–Crippen LogP) is -2.32. The van der Waals surface area contributed by atoms with Crippen LogP contribution < -0.4 is 21.3 Å². The third kappa shape index (κ3) is 10.5. The average molecular weight is 430 g/mol. The number of rotatable bonds is 13. The van der Waals surface area contributed by atoms with Crippen molar-refractivity contribution in [2.24, 2.45) is 5.92 Å². The minimum absolute atomic E-state index is 0.0474. The van der Waals surface area contributed by atoms with Crippen molar-refractivity contribution in [2.75, 3.05) is 13.2 Å². The molecule has 0 aromatic carbocycles. The van der Waals surface area contributed by atoms with E-state index < -0.39 is 60.9 Å². The Kier molecular flexibility index (Phi) is 11.9. The summed E-state index contributed by atoms with van der Waals surface area (Å²) in [5, 5.41) is 27.1. The van der Waals surface area contributed by atoms with Crippen LogP contribution >= 0.6 is 0 Å². The molecule has 0 aliphatic carbocycles. The summed E-state index contributed by atoms with van der Waals surface area (Å²) in [5.41, 5.74) is 0. The lowest BCUT2D eigenvalue weighted by Gasteiger charge is -2.22. The summed E-state index contributed by atoms with van der Waals surface area (Å²) in [6.07, 6.45) is -0.0137. The van der Waals surface area contributed by atoms with Crippen LogP contribution in [0.4, 0.5) is 0 Å². The lowest BCUT2D eigenvalue weighted by Crippen LogP contribution is -2.55. The van der Waals surface area contributed by atoms with Crippen LogP contribution in [0.2, 0.25) is 0 Å². The van der Waals surface area contributed by atoms with E-state index in [0.717, 1.165) is 0 Å². The fourth-order valence-corrected chi connectivity index (χ4v) is 2.16. The normalized spacial score (nSPS) is 13.5. The molecule has 0 saturated carbocycles. The van der Waals surface area contributed by atoms with Gasteiger partial charge in [0.15, 0.2) is 0 Å². The van der Waals surface area contributed by atoms with E-state index in [4.69, 9.17) is 5.11 Å². The van der Waals surface area contributed by atoms with E-state index in [9.17, 15) is 33.9 Å². The summed E-state index contributed by atoms with van der Waals surface area (Å²) >= 11 is 0. The van der Waals surface area contributed by atoms with Crippen LogP contribution in [0.5, 0.6) is 0 Å². The third-order valence-corrected chi connectivity index (χ3v) is 3.96. The van der Waals surface area contributed by atoms with Gasteiger partial charge in [0.1, 0.15) is 23.9 Å². The maximum atomic E-state index is 12.3. The highest BCUT2D eigenvalue weighted by Crippen LogP contribution is 2.03. The van der Waals surface area contributed by atoms with Gasteiger partial charge < -0.3 is 36.3 Å². The molecule has 12 heteroatoms. The summed E-state index contributed by atoms with van der Waals surface area (Å²) in [6.45, 7) is 4.62. The molecule has 0 aliphatic rings. The van der Waals surface area contributed by atoms with Gasteiger partial charge in [-0.1, -0.05) is 13.8 Å². The molecule has 0 fully saturated rings. The number of aliphatic hydroxyl groups excluding tert-OH is 1. The first-order valence-electron chi connectivity index (χ1n) is 9.38. The molecule has 0 rings (SSSR count). The summed E-state index contributed by atoms with van der Waals surface area (Å²) in [6, 6.07) is -3.56. The topological polar surface area (TPSA) is 191 Å². The van der Waals surface area contributed by atoms with Crippen LogP contribution in [-0.4, -0.2) is 76.9 Å². The number of nitrogens with one attached hydrogen (secondary N) is 4. The van der Waals surface area contributed by atoms with E-state index in [1.165, 1.54) is 13.8 Å². The molecule has 0 aromatic heterocycles. The second kappa shape index (κ2) is 13.2. The number of carboxylic acid groups (broad SMARTS) is 1. The average Bonchev–Trinajstić information content (AvgIpc) is 2.66. The van der Waals surface area contributed by atoms with Crippen molar-refractivity contribution in [3.05, 3.63) is 0 Å². The maximum absolute atomic E-state index is 12.3. The summed E-state index contributed by atoms with van der Waals surface area (Å²) in [5.74, 6) is -4.57. The number of Topliss-reactive ketones (excluding diaryl/α,β-unsaturated/α-hetero) is 1. The van der Waals surface area contributed by atoms with E-state index in [1.54, 1.807) is 13.8 Å². The highest BCUT2D eigenvalue weighted by Gasteiger charge is 2.26. The van der Waals surface area contributed by atoms with Crippen molar-refractivity contribution in [1.82, 2.24) is 21.3 Å². The fourth-order valence-electron chi connectivity index (χ4n) is 2.16. The van der Waals surface area contributed by atoms with Crippen molar-refractivity contribution in [1.29, 1.82) is 0 Å². The first kappa shape index (κ1) is 27.0. The number of carbonyl (C=O) groups excluding carboxylic acids is 5. The van der Waals surface area contributed by atoms with Gasteiger partial charge in [-0.3, -0.25) is 24.0 Å². The molecule has 0 unspecified atom stereocenters. The Hall–Kier alpha value is -3.02. The summed E-state index contributed by atoms with van der Waals surface area (Å²) in [7, 11) is 0. The molecular weight excluding hydrogens is 400 g/mol. The van der Waals surface area contributed by atoms with Crippen molar-refractivity contribution in [3.63, 3.8) is 0 Å². The lowest BCUT2D eigenvalue weighted by molar-refractivity contribution is -0.142. The van der Waals surface area contributed by atoms with Crippen LogP contribution in [0.1, 0.15) is 40.5 Å². The van der Waals surface area contributed by atoms with Crippen molar-refractivity contribution in [2.45, 2.75) is 58.7 Å². The maximum Gasteiger partial charge on any atom is 0.325 e. The minimum atomic E-state index is -1.40. The second-order valence-electron chi connectivity index (χ2n) is 7.08. The first-order chi connectivity index (χ1) is 13.9. The van der Waals surface area contributed by atoms with E-state index >= 15 is 0 Å². The lowest BCUT2D eigenvalue weighted by atomic mass is 10.0. The summed E-state index contributed by atoms with van der Waals surface area (Å²) < 4.78 is 0. The zero-order valence-corrected chi connectivity index (χ0v) is 17.5. The van der Waals surface area contributed by atoms with Crippen molar-refractivity contribution >= 4 is 35.4 Å². The fraction of sp³-hybridized carbons (Fsp3) is 0.667. The standard InChI is InChI=1S/C18H30N4O8/c1-9(2)15(22-13(25)6-5-10(3)24)17(28)19-7-14(26)21-12(8-23)16(27)20-11(4)18(29)30/h9,11-12,15,23H,5-8H2,1-4H3,(H,19,28)(H,20,27)(H,21,26)(H,22,25)(H,29,30)/t11-,12-,15-/m0/s1. The van der Waals surface area contributed by atoms with Gasteiger partial charge >= 0.3 is 5.97 Å². The number of hydrogen-bond donors (Lipinski definition) is 6. The van der Waals surface area contributed by atoms with Gasteiger partial charge in [-0.05, 0) is 19.8 Å². The Labute approximate surface area is 174 Å². The Morgan fingerprint density at radius 1 is 0.833 bits per heavy atom.